The number of allylic oxidation sites excluding steroid dienone is 2. The lowest BCUT2D eigenvalue weighted by Crippen LogP contribution is -2.63. The minimum Gasteiger partial charge on any atom is -0.506 e. The Morgan fingerprint density at radius 2 is 2.27 bits per heavy atom. The standard InChI is InChI=1S/C22H26N2O2/c1-3-9-24-10-8-22-17-6-5-7-18(26)20(17)23-21(22)16(13-25)15(11-19(22)24)14(4-2)12-24/h4-7,13,15,19H,3,8-12H2,1-2H3,(H-,23,25,26)/p+1/b14-4+/t15-,19-,22+,24?/m0/s1. The fraction of sp³-hybridized carbons (Fsp3) is 0.500. The second-order valence-corrected chi connectivity index (χ2v) is 8.49. The molecule has 4 nitrogen and oxygen atoms in total. The highest BCUT2D eigenvalue weighted by atomic mass is 16.3. The number of benzene rings is 1. The highest BCUT2D eigenvalue weighted by molar-refractivity contribution is 5.85. The molecule has 2 fully saturated rings. The molecule has 2 N–H and O–H groups in total. The number of carbonyl (C=O) groups is 1. The van der Waals surface area contributed by atoms with E-state index in [9.17, 15) is 9.90 Å². The number of aromatic hydroxyl groups is 1. The molecular weight excluding hydrogens is 324 g/mol. The van der Waals surface area contributed by atoms with Crippen molar-refractivity contribution in [1.29, 1.82) is 0 Å². The van der Waals surface area contributed by atoms with Crippen LogP contribution in [0.25, 0.3) is 0 Å². The Labute approximate surface area is 154 Å². The molecular formula is C22H27N2O2+. The smallest absolute Gasteiger partial charge is 0.148 e. The number of phenols is 1. The second-order valence-electron chi connectivity index (χ2n) is 8.49. The van der Waals surface area contributed by atoms with Gasteiger partial charge in [0.25, 0.3) is 0 Å². The summed E-state index contributed by atoms with van der Waals surface area (Å²) in [7, 11) is 0. The normalized spacial score (nSPS) is 38.2. The minimum absolute atomic E-state index is 0.130. The number of piperidine rings is 1. The molecule has 4 aliphatic rings. The van der Waals surface area contributed by atoms with Gasteiger partial charge in [-0.15, -0.1) is 0 Å². The van der Waals surface area contributed by atoms with Crippen LogP contribution in [-0.2, 0) is 10.2 Å². The van der Waals surface area contributed by atoms with Crippen LogP contribution in [0.2, 0.25) is 0 Å². The van der Waals surface area contributed by atoms with Crippen LogP contribution in [0.4, 0.5) is 5.69 Å². The Morgan fingerprint density at radius 1 is 1.42 bits per heavy atom. The SMILES string of the molecule is C/C=C1\C[N+]2(CCC)CC[C@]34C(=C(C=O)[C@H]1C[C@@H]32)Nc1c(O)cccc14. The van der Waals surface area contributed by atoms with E-state index in [1.165, 1.54) is 24.1 Å². The summed E-state index contributed by atoms with van der Waals surface area (Å²) < 4.78 is 1.14. The van der Waals surface area contributed by atoms with Crippen molar-refractivity contribution < 1.29 is 14.4 Å². The highest BCUT2D eigenvalue weighted by Crippen LogP contribution is 2.64. The first-order chi connectivity index (χ1) is 12.6. The van der Waals surface area contributed by atoms with Crippen LogP contribution in [0, 0.1) is 5.92 Å². The highest BCUT2D eigenvalue weighted by Gasteiger charge is 2.68. The van der Waals surface area contributed by atoms with Crippen LogP contribution in [0.1, 0.15) is 38.7 Å². The Bertz CT molecular complexity index is 871. The quantitative estimate of drug-likeness (QED) is 0.379. The number of fused-ring (bicyclic) bond motifs is 2. The van der Waals surface area contributed by atoms with Crippen LogP contribution in [-0.4, -0.2) is 41.6 Å². The predicted molar refractivity (Wildman–Crippen MR) is 102 cm³/mol. The maximum Gasteiger partial charge on any atom is 0.148 e. The van der Waals surface area contributed by atoms with Gasteiger partial charge in [0.2, 0.25) is 0 Å². The number of quaternary nitrogens is 1. The third-order valence-electron chi connectivity index (χ3n) is 7.64. The zero-order valence-electron chi connectivity index (χ0n) is 15.6. The molecule has 0 aromatic heterocycles. The Kier molecular flexibility index (Phi) is 3.24. The number of carbonyl (C=O) groups excluding carboxylic acids is 1. The number of aldehydes is 1. The summed E-state index contributed by atoms with van der Waals surface area (Å²) in [6, 6.07) is 6.35. The van der Waals surface area contributed by atoms with Crippen molar-refractivity contribution in [3.63, 3.8) is 0 Å². The molecule has 1 aliphatic carbocycles. The average molecular weight is 351 g/mol. The van der Waals surface area contributed by atoms with Crippen LogP contribution in [0.15, 0.2) is 41.1 Å². The number of nitrogens with zero attached hydrogens (tertiary/aromatic N) is 1. The third-order valence-corrected chi connectivity index (χ3v) is 7.64. The molecule has 1 aromatic rings. The molecule has 3 heterocycles. The number of phenolic OH excluding ortho intramolecular Hbond substituents is 1. The maximum atomic E-state index is 12.2. The van der Waals surface area contributed by atoms with E-state index >= 15 is 0 Å². The summed E-state index contributed by atoms with van der Waals surface area (Å²) in [5.41, 5.74) is 5.32. The van der Waals surface area contributed by atoms with Gasteiger partial charge in [-0.1, -0.05) is 25.1 Å². The molecule has 2 saturated heterocycles. The van der Waals surface area contributed by atoms with Gasteiger partial charge in [-0.05, 0) is 30.5 Å². The average Bonchev–Trinajstić information content (AvgIpc) is 3.17. The van der Waals surface area contributed by atoms with Gasteiger partial charge in [0.15, 0.2) is 0 Å². The topological polar surface area (TPSA) is 49.3 Å². The first-order valence-electron chi connectivity index (χ1n) is 9.91. The fourth-order valence-corrected chi connectivity index (χ4v) is 6.73. The number of para-hydroxylation sites is 1. The predicted octanol–water partition coefficient (Wildman–Crippen LogP) is 3.49. The Balaban J connectivity index is 1.82. The summed E-state index contributed by atoms with van der Waals surface area (Å²) in [6.07, 6.45) is 6.60. The molecule has 0 saturated carbocycles. The minimum atomic E-state index is -0.130. The van der Waals surface area contributed by atoms with Crippen molar-refractivity contribution in [2.45, 2.75) is 44.6 Å². The van der Waals surface area contributed by atoms with Gasteiger partial charge in [-0.25, -0.2) is 0 Å². The summed E-state index contributed by atoms with van der Waals surface area (Å²) >= 11 is 0. The van der Waals surface area contributed by atoms with E-state index in [2.05, 4.69) is 31.3 Å². The molecule has 4 atom stereocenters. The fourth-order valence-electron chi connectivity index (χ4n) is 6.73. The van der Waals surface area contributed by atoms with E-state index in [-0.39, 0.29) is 11.3 Å². The van der Waals surface area contributed by atoms with E-state index < -0.39 is 0 Å². The number of anilines is 1. The van der Waals surface area contributed by atoms with E-state index in [0.717, 1.165) is 53.7 Å². The molecule has 0 amide bonds. The molecule has 1 aromatic carbocycles. The van der Waals surface area contributed by atoms with Crippen LogP contribution in [0.3, 0.4) is 0 Å². The first kappa shape index (κ1) is 16.1. The monoisotopic (exact) mass is 351 g/mol. The van der Waals surface area contributed by atoms with Crippen molar-refractivity contribution >= 4 is 12.0 Å². The number of nitrogens with one attached hydrogen (secondary N) is 1. The molecule has 0 radical (unpaired) electrons. The third kappa shape index (κ3) is 1.67. The van der Waals surface area contributed by atoms with Gasteiger partial charge >= 0.3 is 0 Å². The summed E-state index contributed by atoms with van der Waals surface area (Å²) in [5.74, 6) is 0.529. The maximum absolute atomic E-state index is 12.2. The Hall–Kier alpha value is -2.07. The number of hydrogen-bond donors (Lipinski definition) is 2. The summed E-state index contributed by atoms with van der Waals surface area (Å²) in [6.45, 7) is 7.80. The van der Waals surface area contributed by atoms with Crippen LogP contribution >= 0.6 is 0 Å². The molecule has 136 valence electrons. The largest absolute Gasteiger partial charge is 0.506 e. The molecule has 2 bridgehead atoms. The van der Waals surface area contributed by atoms with Gasteiger partial charge in [0.05, 0.1) is 24.2 Å². The van der Waals surface area contributed by atoms with Crippen molar-refractivity contribution in [3.8, 4) is 5.75 Å². The van der Waals surface area contributed by atoms with Gasteiger partial charge < -0.3 is 14.9 Å². The zero-order valence-corrected chi connectivity index (χ0v) is 15.6. The lowest BCUT2D eigenvalue weighted by Gasteiger charge is -2.53. The van der Waals surface area contributed by atoms with Gasteiger partial charge in [-0.3, -0.25) is 4.79 Å². The van der Waals surface area contributed by atoms with Crippen LogP contribution in [0.5, 0.6) is 5.75 Å². The zero-order chi connectivity index (χ0) is 18.1. The molecule has 26 heavy (non-hydrogen) atoms. The van der Waals surface area contributed by atoms with E-state index in [4.69, 9.17) is 0 Å². The molecule has 3 aliphatic heterocycles. The van der Waals surface area contributed by atoms with Gasteiger partial charge in [-0.2, -0.15) is 0 Å². The molecule has 5 rings (SSSR count). The van der Waals surface area contributed by atoms with Crippen molar-refractivity contribution in [2.75, 3.05) is 25.0 Å². The first-order valence-corrected chi connectivity index (χ1v) is 9.91. The second kappa shape index (κ2) is 5.23. The molecule has 1 spiro atoms. The summed E-state index contributed by atoms with van der Waals surface area (Å²) in [4.78, 5) is 12.2. The van der Waals surface area contributed by atoms with Crippen molar-refractivity contribution in [2.24, 2.45) is 5.92 Å². The van der Waals surface area contributed by atoms with Crippen molar-refractivity contribution in [1.82, 2.24) is 0 Å². The lowest BCUT2D eigenvalue weighted by atomic mass is 9.61. The van der Waals surface area contributed by atoms with Crippen LogP contribution < -0.4 is 5.32 Å². The molecule has 1 unspecified atom stereocenters. The van der Waals surface area contributed by atoms with E-state index in [1.54, 1.807) is 6.07 Å². The van der Waals surface area contributed by atoms with Crippen molar-refractivity contribution in [3.05, 3.63) is 46.7 Å². The van der Waals surface area contributed by atoms with Gasteiger partial charge in [0.1, 0.15) is 24.6 Å². The summed E-state index contributed by atoms with van der Waals surface area (Å²) in [5, 5.41) is 14.0. The Morgan fingerprint density at radius 3 is 3.00 bits per heavy atom. The van der Waals surface area contributed by atoms with E-state index in [0.29, 0.717) is 11.8 Å². The van der Waals surface area contributed by atoms with Gasteiger partial charge in [0, 0.05) is 30.0 Å². The lowest BCUT2D eigenvalue weighted by molar-refractivity contribution is -0.941. The number of hydrogen-bond acceptors (Lipinski definition) is 3. The number of rotatable bonds is 3. The van der Waals surface area contributed by atoms with E-state index in [1.807, 2.05) is 6.07 Å². The molecule has 4 heteroatoms.